The van der Waals surface area contributed by atoms with Crippen LogP contribution in [0.5, 0.6) is 11.5 Å². The molecular formula is C11H16N2O3. The minimum Gasteiger partial charge on any atom is -0.508 e. The molecule has 5 heteroatoms. The highest BCUT2D eigenvalue weighted by atomic mass is 16.3. The smallest absolute Gasteiger partial charge is 0.255 e. The second kappa shape index (κ2) is 5.37. The SMILES string of the molecule is CNC(C)CNC(=O)c1cc(O)ccc1O. The molecule has 0 aliphatic rings. The number of phenolic OH excluding ortho intramolecular Hbond substituents is 2. The van der Waals surface area contributed by atoms with E-state index in [0.29, 0.717) is 6.54 Å². The van der Waals surface area contributed by atoms with Crippen LogP contribution in [0.3, 0.4) is 0 Å². The van der Waals surface area contributed by atoms with Crippen LogP contribution in [-0.4, -0.2) is 35.8 Å². The minimum atomic E-state index is -0.407. The van der Waals surface area contributed by atoms with Gasteiger partial charge < -0.3 is 20.8 Å². The number of benzene rings is 1. The molecule has 0 aliphatic heterocycles. The summed E-state index contributed by atoms with van der Waals surface area (Å²) in [7, 11) is 1.79. The van der Waals surface area contributed by atoms with Crippen molar-refractivity contribution >= 4 is 5.91 Å². The maximum atomic E-state index is 11.6. The second-order valence-corrected chi connectivity index (χ2v) is 3.60. The molecule has 0 spiro atoms. The van der Waals surface area contributed by atoms with Gasteiger partial charge in [-0.1, -0.05) is 0 Å². The number of nitrogens with one attached hydrogen (secondary N) is 2. The van der Waals surface area contributed by atoms with Gasteiger partial charge in [0.1, 0.15) is 11.5 Å². The molecule has 0 fully saturated rings. The van der Waals surface area contributed by atoms with Crippen LogP contribution < -0.4 is 10.6 Å². The van der Waals surface area contributed by atoms with E-state index in [1.165, 1.54) is 18.2 Å². The molecule has 88 valence electrons. The third-order valence-corrected chi connectivity index (χ3v) is 2.29. The topological polar surface area (TPSA) is 81.6 Å². The predicted octanol–water partition coefficient (Wildman–Crippen LogP) is 0.436. The highest BCUT2D eigenvalue weighted by Gasteiger charge is 2.12. The van der Waals surface area contributed by atoms with Gasteiger partial charge in [0.05, 0.1) is 5.56 Å². The van der Waals surface area contributed by atoms with E-state index >= 15 is 0 Å². The summed E-state index contributed by atoms with van der Waals surface area (Å²) in [5, 5.41) is 24.3. The standard InChI is InChI=1S/C11H16N2O3/c1-7(12-2)6-13-11(16)9-5-8(14)3-4-10(9)15/h3-5,7,12,14-15H,6H2,1-2H3,(H,13,16). The Morgan fingerprint density at radius 2 is 2.12 bits per heavy atom. The maximum absolute atomic E-state index is 11.6. The van der Waals surface area contributed by atoms with Gasteiger partial charge in [-0.3, -0.25) is 4.79 Å². The van der Waals surface area contributed by atoms with Crippen LogP contribution in [0, 0.1) is 0 Å². The summed E-state index contributed by atoms with van der Waals surface area (Å²) in [6, 6.07) is 3.98. The number of hydrogen-bond acceptors (Lipinski definition) is 4. The van der Waals surface area contributed by atoms with E-state index in [4.69, 9.17) is 0 Å². The van der Waals surface area contributed by atoms with E-state index in [9.17, 15) is 15.0 Å². The zero-order valence-electron chi connectivity index (χ0n) is 9.32. The van der Waals surface area contributed by atoms with E-state index in [2.05, 4.69) is 10.6 Å². The first kappa shape index (κ1) is 12.3. The first-order valence-corrected chi connectivity index (χ1v) is 5.02. The molecule has 0 saturated heterocycles. The van der Waals surface area contributed by atoms with Crippen LogP contribution in [0.4, 0.5) is 0 Å². The molecule has 1 rings (SSSR count). The summed E-state index contributed by atoms with van der Waals surface area (Å²) < 4.78 is 0. The average molecular weight is 224 g/mol. The van der Waals surface area contributed by atoms with Crippen molar-refractivity contribution in [2.75, 3.05) is 13.6 Å². The summed E-state index contributed by atoms with van der Waals surface area (Å²) >= 11 is 0. The zero-order chi connectivity index (χ0) is 12.1. The lowest BCUT2D eigenvalue weighted by Gasteiger charge is -2.12. The highest BCUT2D eigenvalue weighted by molar-refractivity contribution is 5.97. The maximum Gasteiger partial charge on any atom is 0.255 e. The third kappa shape index (κ3) is 3.13. The molecule has 0 aromatic heterocycles. The van der Waals surface area contributed by atoms with E-state index < -0.39 is 5.91 Å². The Hall–Kier alpha value is -1.75. The van der Waals surface area contributed by atoms with Gasteiger partial charge in [-0.05, 0) is 32.2 Å². The Morgan fingerprint density at radius 1 is 1.44 bits per heavy atom. The predicted molar refractivity (Wildman–Crippen MR) is 60.6 cm³/mol. The van der Waals surface area contributed by atoms with Gasteiger partial charge in [0.15, 0.2) is 0 Å². The van der Waals surface area contributed by atoms with Crippen molar-refractivity contribution < 1.29 is 15.0 Å². The largest absolute Gasteiger partial charge is 0.508 e. The van der Waals surface area contributed by atoms with Gasteiger partial charge in [0.25, 0.3) is 5.91 Å². The number of phenols is 2. The fraction of sp³-hybridized carbons (Fsp3) is 0.364. The van der Waals surface area contributed by atoms with Crippen molar-refractivity contribution in [3.05, 3.63) is 23.8 Å². The monoisotopic (exact) mass is 224 g/mol. The van der Waals surface area contributed by atoms with Crippen molar-refractivity contribution in [1.82, 2.24) is 10.6 Å². The Kier molecular flexibility index (Phi) is 4.13. The van der Waals surface area contributed by atoms with Crippen LogP contribution >= 0.6 is 0 Å². The summed E-state index contributed by atoms with van der Waals surface area (Å²) in [6.07, 6.45) is 0. The molecule has 0 heterocycles. The lowest BCUT2D eigenvalue weighted by atomic mass is 10.1. The number of aromatic hydroxyl groups is 2. The van der Waals surface area contributed by atoms with Crippen molar-refractivity contribution in [2.45, 2.75) is 13.0 Å². The van der Waals surface area contributed by atoms with E-state index in [0.717, 1.165) is 0 Å². The molecule has 1 atom stereocenters. The van der Waals surface area contributed by atoms with Crippen molar-refractivity contribution in [2.24, 2.45) is 0 Å². The van der Waals surface area contributed by atoms with E-state index in [-0.39, 0.29) is 23.1 Å². The van der Waals surface area contributed by atoms with Gasteiger partial charge in [-0.2, -0.15) is 0 Å². The number of carbonyl (C=O) groups is 1. The molecule has 1 unspecified atom stereocenters. The van der Waals surface area contributed by atoms with Gasteiger partial charge in [-0.15, -0.1) is 0 Å². The highest BCUT2D eigenvalue weighted by Crippen LogP contribution is 2.21. The molecule has 4 N–H and O–H groups in total. The zero-order valence-corrected chi connectivity index (χ0v) is 9.32. The van der Waals surface area contributed by atoms with Gasteiger partial charge in [0.2, 0.25) is 0 Å². The molecular weight excluding hydrogens is 208 g/mol. The van der Waals surface area contributed by atoms with E-state index in [1.54, 1.807) is 7.05 Å². The van der Waals surface area contributed by atoms with E-state index in [1.807, 2.05) is 6.92 Å². The summed E-state index contributed by atoms with van der Waals surface area (Å²) in [5.74, 6) is -0.604. The molecule has 5 nitrogen and oxygen atoms in total. The quantitative estimate of drug-likeness (QED) is 0.559. The molecule has 1 aromatic carbocycles. The lowest BCUT2D eigenvalue weighted by Crippen LogP contribution is -2.37. The summed E-state index contributed by atoms with van der Waals surface area (Å²) in [5.41, 5.74) is 0.0725. The van der Waals surface area contributed by atoms with Gasteiger partial charge >= 0.3 is 0 Å². The number of likely N-dealkylation sites (N-methyl/N-ethyl adjacent to an activating group) is 1. The molecule has 1 aromatic rings. The van der Waals surface area contributed by atoms with Crippen molar-refractivity contribution in [1.29, 1.82) is 0 Å². The molecule has 16 heavy (non-hydrogen) atoms. The number of amides is 1. The van der Waals surface area contributed by atoms with Crippen LogP contribution in [0.25, 0.3) is 0 Å². The van der Waals surface area contributed by atoms with Crippen LogP contribution in [-0.2, 0) is 0 Å². The lowest BCUT2D eigenvalue weighted by molar-refractivity contribution is 0.0947. The molecule has 0 bridgehead atoms. The van der Waals surface area contributed by atoms with Crippen molar-refractivity contribution in [3.63, 3.8) is 0 Å². The normalized spacial score (nSPS) is 12.1. The Bertz CT molecular complexity index is 379. The fourth-order valence-corrected chi connectivity index (χ4v) is 1.15. The second-order valence-electron chi connectivity index (χ2n) is 3.60. The fourth-order valence-electron chi connectivity index (χ4n) is 1.15. The number of hydrogen-bond donors (Lipinski definition) is 4. The van der Waals surface area contributed by atoms with Gasteiger partial charge in [0, 0.05) is 12.6 Å². The van der Waals surface area contributed by atoms with Crippen LogP contribution in [0.15, 0.2) is 18.2 Å². The first-order valence-electron chi connectivity index (χ1n) is 5.02. The summed E-state index contributed by atoms with van der Waals surface area (Å²) in [6.45, 7) is 2.37. The number of rotatable bonds is 4. The average Bonchev–Trinajstić information content (AvgIpc) is 2.28. The minimum absolute atomic E-state index is 0.0513. The van der Waals surface area contributed by atoms with Crippen LogP contribution in [0.1, 0.15) is 17.3 Å². The molecule has 1 amide bonds. The number of carbonyl (C=O) groups excluding carboxylic acids is 1. The van der Waals surface area contributed by atoms with Crippen LogP contribution in [0.2, 0.25) is 0 Å². The Balaban J connectivity index is 2.69. The summed E-state index contributed by atoms with van der Waals surface area (Å²) in [4.78, 5) is 11.6. The molecule has 0 saturated carbocycles. The molecule has 0 radical (unpaired) electrons. The van der Waals surface area contributed by atoms with Crippen molar-refractivity contribution in [3.8, 4) is 11.5 Å². The third-order valence-electron chi connectivity index (χ3n) is 2.29. The molecule has 0 aliphatic carbocycles. The first-order chi connectivity index (χ1) is 7.54. The Morgan fingerprint density at radius 3 is 2.75 bits per heavy atom. The van der Waals surface area contributed by atoms with Gasteiger partial charge in [-0.25, -0.2) is 0 Å². The Labute approximate surface area is 94.1 Å².